The molecule has 4 aliphatic carbocycles. The fourth-order valence-electron chi connectivity index (χ4n) is 9.82. The molecule has 176 valence electrons. The molecule has 0 bridgehead atoms. The van der Waals surface area contributed by atoms with Crippen molar-refractivity contribution in [3.05, 3.63) is 12.7 Å². The molecule has 0 radical (unpaired) electrons. The Bertz CT molecular complexity index is 663. The number of carbonyl (C=O) groups excluding carboxylic acids is 1. The van der Waals surface area contributed by atoms with E-state index in [0.29, 0.717) is 22.5 Å². The Hall–Kier alpha value is -0.590. The molecular weight excluding hydrogens is 376 g/mol. The summed E-state index contributed by atoms with van der Waals surface area (Å²) in [5, 5.41) is 0. The monoisotopic (exact) mass is 426 g/mol. The van der Waals surface area contributed by atoms with Crippen LogP contribution in [0.3, 0.4) is 0 Å². The van der Waals surface area contributed by atoms with Crippen LogP contribution in [0.25, 0.3) is 0 Å². The lowest BCUT2D eigenvalue weighted by molar-refractivity contribution is -0.152. The van der Waals surface area contributed by atoms with Crippen LogP contribution in [0.4, 0.5) is 0 Å². The van der Waals surface area contributed by atoms with Gasteiger partial charge in [-0.25, -0.2) is 0 Å². The van der Waals surface area contributed by atoms with E-state index in [1.165, 1.54) is 57.8 Å². The normalized spacial score (nSPS) is 45.7. The highest BCUT2D eigenvalue weighted by atomic mass is 16.1. The molecule has 4 aliphatic rings. The molecule has 31 heavy (non-hydrogen) atoms. The summed E-state index contributed by atoms with van der Waals surface area (Å²) < 4.78 is 0. The van der Waals surface area contributed by atoms with E-state index in [-0.39, 0.29) is 5.92 Å². The van der Waals surface area contributed by atoms with Gasteiger partial charge in [0.05, 0.1) is 0 Å². The van der Waals surface area contributed by atoms with E-state index in [0.717, 1.165) is 54.8 Å². The van der Waals surface area contributed by atoms with Crippen molar-refractivity contribution in [1.29, 1.82) is 0 Å². The molecule has 4 rings (SSSR count). The van der Waals surface area contributed by atoms with E-state index in [2.05, 4.69) is 41.2 Å². The van der Waals surface area contributed by atoms with Gasteiger partial charge < -0.3 is 0 Å². The van der Waals surface area contributed by atoms with Gasteiger partial charge in [0.2, 0.25) is 0 Å². The summed E-state index contributed by atoms with van der Waals surface area (Å²) in [6, 6.07) is 0. The Morgan fingerprint density at radius 1 is 0.935 bits per heavy atom. The van der Waals surface area contributed by atoms with Crippen molar-refractivity contribution in [2.75, 3.05) is 0 Å². The molecule has 0 N–H and O–H groups in total. The zero-order valence-corrected chi connectivity index (χ0v) is 21.3. The standard InChI is InChI=1S/C30H50O/c1-7-9-23-26-13-12-22-25-15-14-24(21(4)11-8-10-20(2)3)29(25,5)18-16-27(22)30(26,6)19-17-28(23)31/h7,20-27H,1,8-19H2,2-6H3/t21-,22?,23+,24-,25?,26+,27?,29-,30+/m1/s1. The molecule has 4 saturated carbocycles. The summed E-state index contributed by atoms with van der Waals surface area (Å²) in [6.45, 7) is 16.6. The number of allylic oxidation sites excluding steroid dienone is 1. The van der Waals surface area contributed by atoms with E-state index in [4.69, 9.17) is 0 Å². The zero-order valence-electron chi connectivity index (χ0n) is 21.3. The molecular formula is C30H50O. The minimum Gasteiger partial charge on any atom is -0.299 e. The molecule has 9 atom stereocenters. The fraction of sp³-hybridized carbons (Fsp3) is 0.900. The van der Waals surface area contributed by atoms with Crippen LogP contribution in [0, 0.1) is 58.2 Å². The molecule has 0 aromatic heterocycles. The summed E-state index contributed by atoms with van der Waals surface area (Å²) in [7, 11) is 0. The highest BCUT2D eigenvalue weighted by Crippen LogP contribution is 2.68. The van der Waals surface area contributed by atoms with Crippen LogP contribution in [0.5, 0.6) is 0 Å². The van der Waals surface area contributed by atoms with Gasteiger partial charge in [-0.05, 0) is 104 Å². The van der Waals surface area contributed by atoms with Crippen molar-refractivity contribution in [3.63, 3.8) is 0 Å². The summed E-state index contributed by atoms with van der Waals surface area (Å²) in [5.41, 5.74) is 0.972. The minimum atomic E-state index is 0.266. The van der Waals surface area contributed by atoms with Gasteiger partial charge in [-0.3, -0.25) is 4.79 Å². The number of hydrogen-bond donors (Lipinski definition) is 0. The Labute approximate surface area is 193 Å². The quantitative estimate of drug-likeness (QED) is 0.373. The number of ketones is 1. The molecule has 0 aliphatic heterocycles. The highest BCUT2D eigenvalue weighted by molar-refractivity contribution is 5.82. The first-order valence-corrected chi connectivity index (χ1v) is 13.9. The van der Waals surface area contributed by atoms with Crippen LogP contribution in [0.15, 0.2) is 12.7 Å². The highest BCUT2D eigenvalue weighted by Gasteiger charge is 2.61. The molecule has 1 heteroatoms. The Kier molecular flexibility index (Phi) is 6.83. The van der Waals surface area contributed by atoms with Gasteiger partial charge >= 0.3 is 0 Å². The lowest BCUT2D eigenvalue weighted by Gasteiger charge is -2.62. The van der Waals surface area contributed by atoms with Crippen LogP contribution in [-0.4, -0.2) is 5.78 Å². The van der Waals surface area contributed by atoms with Gasteiger partial charge in [-0.1, -0.05) is 60.0 Å². The smallest absolute Gasteiger partial charge is 0.136 e. The van der Waals surface area contributed by atoms with Gasteiger partial charge in [0, 0.05) is 12.3 Å². The number of fused-ring (bicyclic) bond motifs is 5. The van der Waals surface area contributed by atoms with Crippen LogP contribution in [0.2, 0.25) is 0 Å². The van der Waals surface area contributed by atoms with Crippen LogP contribution >= 0.6 is 0 Å². The van der Waals surface area contributed by atoms with Crippen molar-refractivity contribution < 1.29 is 4.79 Å². The van der Waals surface area contributed by atoms with Gasteiger partial charge in [-0.2, -0.15) is 0 Å². The van der Waals surface area contributed by atoms with Crippen LogP contribution < -0.4 is 0 Å². The minimum absolute atomic E-state index is 0.266. The van der Waals surface area contributed by atoms with Crippen molar-refractivity contribution in [2.24, 2.45) is 58.2 Å². The van der Waals surface area contributed by atoms with Crippen molar-refractivity contribution >= 4 is 5.78 Å². The second-order valence-corrected chi connectivity index (χ2v) is 13.2. The van der Waals surface area contributed by atoms with E-state index in [9.17, 15) is 4.79 Å². The lowest BCUT2D eigenvalue weighted by Crippen LogP contribution is -2.56. The maximum atomic E-state index is 12.8. The van der Waals surface area contributed by atoms with E-state index in [1.54, 1.807) is 0 Å². The average Bonchev–Trinajstić information content (AvgIpc) is 3.07. The molecule has 0 saturated heterocycles. The van der Waals surface area contributed by atoms with Gasteiger partial charge in [0.1, 0.15) is 5.78 Å². The van der Waals surface area contributed by atoms with Crippen molar-refractivity contribution in [1.82, 2.24) is 0 Å². The Morgan fingerprint density at radius 2 is 1.65 bits per heavy atom. The first-order chi connectivity index (χ1) is 14.7. The number of Topliss-reactive ketones (excluding diaryl/α,β-unsaturated/α-hetero) is 1. The first-order valence-electron chi connectivity index (χ1n) is 13.9. The summed E-state index contributed by atoms with van der Waals surface area (Å²) in [6.07, 6.45) is 17.7. The topological polar surface area (TPSA) is 17.1 Å². The Balaban J connectivity index is 1.49. The molecule has 1 nitrogen and oxygen atoms in total. The van der Waals surface area contributed by atoms with E-state index in [1.807, 2.05) is 6.08 Å². The average molecular weight is 427 g/mol. The van der Waals surface area contributed by atoms with E-state index >= 15 is 0 Å². The Morgan fingerprint density at radius 3 is 2.35 bits per heavy atom. The summed E-state index contributed by atoms with van der Waals surface area (Å²) in [5.74, 6) is 6.82. The fourth-order valence-corrected chi connectivity index (χ4v) is 9.82. The van der Waals surface area contributed by atoms with Crippen molar-refractivity contribution in [3.8, 4) is 0 Å². The third-order valence-electron chi connectivity index (χ3n) is 11.4. The molecule has 0 amide bonds. The summed E-state index contributed by atoms with van der Waals surface area (Å²) >= 11 is 0. The van der Waals surface area contributed by atoms with Crippen molar-refractivity contribution in [2.45, 2.75) is 112 Å². The SMILES string of the molecule is C=CC[C@@H]1C(=O)CC[C@]2(C)C3CC[C@@]4(C)C(CC[C@@H]4[C@H](C)CCCC(C)C)C3CC[C@@H]12. The largest absolute Gasteiger partial charge is 0.299 e. The number of hydrogen-bond acceptors (Lipinski definition) is 1. The molecule has 4 fully saturated rings. The molecule has 3 unspecified atom stereocenters. The molecule has 0 aromatic carbocycles. The van der Waals surface area contributed by atoms with Gasteiger partial charge in [0.15, 0.2) is 0 Å². The lowest BCUT2D eigenvalue weighted by atomic mass is 9.43. The molecule has 0 heterocycles. The third kappa shape index (κ3) is 3.99. The maximum absolute atomic E-state index is 12.8. The zero-order chi connectivity index (χ0) is 22.4. The second-order valence-electron chi connectivity index (χ2n) is 13.2. The third-order valence-corrected chi connectivity index (χ3v) is 11.4. The molecule has 0 aromatic rings. The summed E-state index contributed by atoms with van der Waals surface area (Å²) in [4.78, 5) is 12.8. The van der Waals surface area contributed by atoms with Gasteiger partial charge in [0.25, 0.3) is 0 Å². The number of rotatable bonds is 7. The van der Waals surface area contributed by atoms with E-state index < -0.39 is 0 Å². The first kappa shape index (κ1) is 23.6. The predicted molar refractivity (Wildman–Crippen MR) is 132 cm³/mol. The maximum Gasteiger partial charge on any atom is 0.136 e. The van der Waals surface area contributed by atoms with Gasteiger partial charge in [-0.15, -0.1) is 6.58 Å². The second kappa shape index (κ2) is 8.98. The molecule has 0 spiro atoms. The number of carbonyl (C=O) groups is 1. The van der Waals surface area contributed by atoms with Crippen LogP contribution in [-0.2, 0) is 4.79 Å². The predicted octanol–water partition coefficient (Wildman–Crippen LogP) is 8.48. The van der Waals surface area contributed by atoms with Crippen LogP contribution in [0.1, 0.15) is 112 Å².